The molecule has 0 aliphatic carbocycles. The van der Waals surface area contributed by atoms with Crippen molar-refractivity contribution >= 4 is 36.9 Å². The molecule has 8 heteroatoms. The van der Waals surface area contributed by atoms with Gasteiger partial charge >= 0.3 is 5.97 Å². The Kier molecular flexibility index (Phi) is 12.7. The summed E-state index contributed by atoms with van der Waals surface area (Å²) in [6, 6.07) is 7.68. The van der Waals surface area contributed by atoms with E-state index in [-0.39, 0.29) is 41.7 Å². The molecule has 6 nitrogen and oxygen atoms in total. The first-order chi connectivity index (χ1) is 18.6. The second-order valence-corrected chi connectivity index (χ2v) is 17.8. The summed E-state index contributed by atoms with van der Waals surface area (Å²) in [7, 11) is -0.534. The number of carbonyl (C=O) groups is 1. The lowest BCUT2D eigenvalue weighted by molar-refractivity contribution is -0.151. The molecule has 40 heavy (non-hydrogen) atoms. The van der Waals surface area contributed by atoms with Gasteiger partial charge in [0.25, 0.3) is 0 Å². The number of carbonyl (C=O) groups excluding carboxylic acids is 1. The van der Waals surface area contributed by atoms with E-state index in [1.165, 1.54) is 0 Å². The van der Waals surface area contributed by atoms with E-state index in [2.05, 4.69) is 69.6 Å². The fourth-order valence-corrected chi connectivity index (χ4v) is 6.19. The molecule has 224 valence electrons. The molecule has 0 amide bonds. The second kappa shape index (κ2) is 14.6. The van der Waals surface area contributed by atoms with Crippen LogP contribution in [0.4, 0.5) is 0 Å². The summed E-state index contributed by atoms with van der Waals surface area (Å²) >= 11 is 2.18. The predicted molar refractivity (Wildman–Crippen MR) is 173 cm³/mol. The second-order valence-electron chi connectivity index (χ2n) is 12.4. The van der Waals surface area contributed by atoms with E-state index in [9.17, 15) is 4.79 Å². The van der Waals surface area contributed by atoms with Crippen molar-refractivity contribution in [3.05, 3.63) is 64.8 Å². The van der Waals surface area contributed by atoms with Gasteiger partial charge in [-0.2, -0.15) is 0 Å². The SMILES string of the molecule is C=C[C@@H](C)[C@@H](OC(=O)C[C@@H](CC[C@@]1(C)OC(c2ccc(OC)cc2)O[C@H]1C=C)O[Si](C)(C)C(C)(C)C)/C(C)=C/I. The molecule has 1 fully saturated rings. The Morgan fingerprint density at radius 1 is 1.23 bits per heavy atom. The Hall–Kier alpha value is -1.46. The van der Waals surface area contributed by atoms with Gasteiger partial charge in [-0.25, -0.2) is 0 Å². The highest BCUT2D eigenvalue weighted by atomic mass is 127. The molecule has 0 N–H and O–H groups in total. The number of hydrogen-bond donors (Lipinski definition) is 0. The van der Waals surface area contributed by atoms with Crippen molar-refractivity contribution in [3.8, 4) is 5.75 Å². The van der Waals surface area contributed by atoms with Gasteiger partial charge in [-0.15, -0.1) is 13.2 Å². The van der Waals surface area contributed by atoms with E-state index in [0.717, 1.165) is 16.9 Å². The number of rotatable bonds is 14. The molecule has 0 radical (unpaired) electrons. The van der Waals surface area contributed by atoms with E-state index in [4.69, 9.17) is 23.4 Å². The minimum absolute atomic E-state index is 0.000844. The zero-order chi connectivity index (χ0) is 30.3. The molecule has 1 aromatic carbocycles. The predicted octanol–water partition coefficient (Wildman–Crippen LogP) is 8.69. The topological polar surface area (TPSA) is 63.2 Å². The largest absolute Gasteiger partial charge is 0.497 e. The molecule has 6 atom stereocenters. The lowest BCUT2D eigenvalue weighted by atomic mass is 9.91. The highest BCUT2D eigenvalue weighted by molar-refractivity contribution is 14.1. The maximum absolute atomic E-state index is 13.3. The average molecular weight is 685 g/mol. The third kappa shape index (κ3) is 9.02. The third-order valence-electron chi connectivity index (χ3n) is 8.20. The van der Waals surface area contributed by atoms with Crippen molar-refractivity contribution in [2.24, 2.45) is 5.92 Å². The van der Waals surface area contributed by atoms with Crippen LogP contribution in [0.25, 0.3) is 0 Å². The van der Waals surface area contributed by atoms with Gasteiger partial charge in [0.2, 0.25) is 0 Å². The number of halogens is 1. The summed E-state index contributed by atoms with van der Waals surface area (Å²) in [6.45, 7) is 24.9. The van der Waals surface area contributed by atoms with Crippen molar-refractivity contribution in [2.45, 2.75) is 109 Å². The quantitative estimate of drug-likeness (QED) is 0.0846. The molecule has 1 aliphatic heterocycles. The lowest BCUT2D eigenvalue weighted by Crippen LogP contribution is -2.45. The van der Waals surface area contributed by atoms with Crippen LogP contribution in [0.15, 0.2) is 59.2 Å². The van der Waals surface area contributed by atoms with Crippen LogP contribution in [0.5, 0.6) is 5.75 Å². The van der Waals surface area contributed by atoms with Crippen LogP contribution in [-0.4, -0.2) is 45.3 Å². The molecule has 2 rings (SSSR count). The Morgan fingerprint density at radius 2 is 1.85 bits per heavy atom. The van der Waals surface area contributed by atoms with Gasteiger partial charge in [0.15, 0.2) is 14.6 Å². The average Bonchev–Trinajstić information content (AvgIpc) is 3.25. The molecule has 1 aromatic rings. The maximum Gasteiger partial charge on any atom is 0.308 e. The molecule has 0 spiro atoms. The highest BCUT2D eigenvalue weighted by Gasteiger charge is 2.46. The van der Waals surface area contributed by atoms with Crippen LogP contribution in [0.2, 0.25) is 18.1 Å². The zero-order valence-electron chi connectivity index (χ0n) is 25.8. The van der Waals surface area contributed by atoms with Gasteiger partial charge < -0.3 is 23.4 Å². The molecular formula is C32H49IO6Si. The fourth-order valence-electron chi connectivity index (χ4n) is 4.45. The Morgan fingerprint density at radius 3 is 2.35 bits per heavy atom. The summed E-state index contributed by atoms with van der Waals surface area (Å²) in [4.78, 5) is 13.3. The Balaban J connectivity index is 2.23. The van der Waals surface area contributed by atoms with Crippen LogP contribution < -0.4 is 4.74 Å². The van der Waals surface area contributed by atoms with Crippen molar-refractivity contribution < 1.29 is 28.2 Å². The summed E-state index contributed by atoms with van der Waals surface area (Å²) in [5, 5.41) is -0.00440. The first-order valence-electron chi connectivity index (χ1n) is 14.0. The first kappa shape index (κ1) is 34.7. The number of hydrogen-bond acceptors (Lipinski definition) is 6. The minimum atomic E-state index is -2.17. The van der Waals surface area contributed by atoms with Crippen molar-refractivity contribution in [1.29, 1.82) is 0 Å². The van der Waals surface area contributed by atoms with Crippen LogP contribution in [0.3, 0.4) is 0 Å². The first-order valence-corrected chi connectivity index (χ1v) is 18.1. The smallest absolute Gasteiger partial charge is 0.308 e. The number of esters is 1. The lowest BCUT2D eigenvalue weighted by Gasteiger charge is -2.40. The molecule has 0 aromatic heterocycles. The fraction of sp³-hybridized carbons (Fsp3) is 0.594. The maximum atomic E-state index is 13.3. The van der Waals surface area contributed by atoms with Gasteiger partial charge in [0.05, 0.1) is 25.2 Å². The van der Waals surface area contributed by atoms with Crippen LogP contribution in [0.1, 0.15) is 72.7 Å². The molecule has 0 saturated carbocycles. The molecule has 0 bridgehead atoms. The molecule has 1 aliphatic rings. The van der Waals surface area contributed by atoms with Gasteiger partial charge in [-0.05, 0) is 66.6 Å². The van der Waals surface area contributed by atoms with Crippen LogP contribution >= 0.6 is 22.6 Å². The van der Waals surface area contributed by atoms with Gasteiger partial charge in [0.1, 0.15) is 18.0 Å². The van der Waals surface area contributed by atoms with Crippen LogP contribution in [-0.2, 0) is 23.4 Å². The molecule has 1 unspecified atom stereocenters. The molecular weight excluding hydrogens is 635 g/mol. The summed E-state index contributed by atoms with van der Waals surface area (Å²) < 4.78 is 32.8. The minimum Gasteiger partial charge on any atom is -0.497 e. The Bertz CT molecular complexity index is 1030. The number of ether oxygens (including phenoxy) is 4. The van der Waals surface area contributed by atoms with E-state index in [0.29, 0.717) is 12.8 Å². The normalized spacial score (nSPS) is 24.2. The van der Waals surface area contributed by atoms with Gasteiger partial charge in [-0.1, -0.05) is 74.6 Å². The van der Waals surface area contributed by atoms with Crippen LogP contribution in [0, 0.1) is 5.92 Å². The van der Waals surface area contributed by atoms with Crippen molar-refractivity contribution in [1.82, 2.24) is 0 Å². The summed E-state index contributed by atoms with van der Waals surface area (Å²) in [5.41, 5.74) is 1.27. The molecule has 1 heterocycles. The van der Waals surface area contributed by atoms with Gasteiger partial charge in [0, 0.05) is 11.5 Å². The van der Waals surface area contributed by atoms with E-state index < -0.39 is 20.2 Å². The standard InChI is InChI=1S/C32H49IO6Si/c1-12-22(3)29(23(4)21-33)37-28(34)20-26(39-40(10,11)31(5,6)7)18-19-32(8)27(13-2)36-30(38-32)24-14-16-25(35-9)17-15-24/h12-17,21-22,26-27,29-30H,1-2,18-20H2,3-11H3/b23-21+/t22-,26-,27+,29-,30?,32-/m1/s1. The molecule has 1 saturated heterocycles. The van der Waals surface area contributed by atoms with Gasteiger partial charge in [-0.3, -0.25) is 4.79 Å². The number of methoxy groups -OCH3 is 1. The Labute approximate surface area is 256 Å². The van der Waals surface area contributed by atoms with E-state index in [1.54, 1.807) is 13.2 Å². The van der Waals surface area contributed by atoms with E-state index in [1.807, 2.05) is 55.2 Å². The van der Waals surface area contributed by atoms with Crippen molar-refractivity contribution in [3.63, 3.8) is 0 Å². The van der Waals surface area contributed by atoms with Crippen molar-refractivity contribution in [2.75, 3.05) is 7.11 Å². The monoisotopic (exact) mass is 684 g/mol. The third-order valence-corrected chi connectivity index (χ3v) is 13.7. The summed E-state index contributed by atoms with van der Waals surface area (Å²) in [5.74, 6) is 0.502. The van der Waals surface area contributed by atoms with E-state index >= 15 is 0 Å². The highest BCUT2D eigenvalue weighted by Crippen LogP contribution is 2.43. The zero-order valence-corrected chi connectivity index (χ0v) is 28.9. The number of benzene rings is 1. The summed E-state index contributed by atoms with van der Waals surface area (Å²) in [6.07, 6.45) is 3.52.